The number of hydrogen-bond donors (Lipinski definition) is 2. The van der Waals surface area contributed by atoms with Crippen molar-refractivity contribution in [3.63, 3.8) is 0 Å². The van der Waals surface area contributed by atoms with Gasteiger partial charge in [-0.15, -0.1) is 0 Å². The van der Waals surface area contributed by atoms with Crippen molar-refractivity contribution in [3.05, 3.63) is 17.6 Å². The molecule has 2 N–H and O–H groups in total. The number of nitrogens with zero attached hydrogens (tertiary/aromatic N) is 4. The first-order chi connectivity index (χ1) is 11.0. The zero-order valence-electron chi connectivity index (χ0n) is 14.6. The lowest BCUT2D eigenvalue weighted by Gasteiger charge is -2.23. The fourth-order valence-corrected chi connectivity index (χ4v) is 2.70. The third-order valence-corrected chi connectivity index (χ3v) is 3.99. The second-order valence-corrected chi connectivity index (χ2v) is 6.38. The third-order valence-electron chi connectivity index (χ3n) is 3.99. The summed E-state index contributed by atoms with van der Waals surface area (Å²) in [6, 6.07) is 1.92. The molecule has 7 nitrogen and oxygen atoms in total. The Kier molecular flexibility index (Phi) is 6.29. The largest absolute Gasteiger partial charge is 0.373 e. The molecule has 0 saturated carbocycles. The van der Waals surface area contributed by atoms with E-state index in [2.05, 4.69) is 15.6 Å². The van der Waals surface area contributed by atoms with Crippen LogP contribution in [0, 0.1) is 0 Å². The molecule has 0 aliphatic carbocycles. The van der Waals surface area contributed by atoms with Crippen molar-refractivity contribution in [2.24, 2.45) is 0 Å². The third kappa shape index (κ3) is 5.14. The van der Waals surface area contributed by atoms with Crippen LogP contribution in [0.15, 0.2) is 6.07 Å². The minimum Gasteiger partial charge on any atom is -0.373 e. The Morgan fingerprint density at radius 1 is 1.39 bits per heavy atom. The lowest BCUT2D eigenvalue weighted by atomic mass is 9.99. The van der Waals surface area contributed by atoms with Crippen LogP contribution < -0.4 is 10.6 Å². The van der Waals surface area contributed by atoms with E-state index in [0.29, 0.717) is 19.0 Å². The van der Waals surface area contributed by atoms with Crippen LogP contribution in [-0.2, 0) is 11.3 Å². The summed E-state index contributed by atoms with van der Waals surface area (Å²) in [5.41, 5.74) is 0.875. The Morgan fingerprint density at radius 2 is 2.17 bits per heavy atom. The van der Waals surface area contributed by atoms with E-state index < -0.39 is 0 Å². The summed E-state index contributed by atoms with van der Waals surface area (Å²) in [6.45, 7) is 2.88. The molecule has 1 atom stereocenters. The SMILES string of the molecule is CNc1cc(CN(C)C(=O)CN(C)C)nc(C2CCCNC2)n1. The van der Waals surface area contributed by atoms with Gasteiger partial charge in [0, 0.05) is 32.6 Å². The molecule has 1 aliphatic rings. The summed E-state index contributed by atoms with van der Waals surface area (Å²) in [5.74, 6) is 2.11. The van der Waals surface area contributed by atoms with Gasteiger partial charge in [0.15, 0.2) is 0 Å². The van der Waals surface area contributed by atoms with Crippen molar-refractivity contribution < 1.29 is 4.79 Å². The highest BCUT2D eigenvalue weighted by Crippen LogP contribution is 2.22. The van der Waals surface area contributed by atoms with Crippen LogP contribution in [-0.4, -0.2) is 73.5 Å². The predicted octanol–water partition coefficient (Wildman–Crippen LogP) is 0.505. The van der Waals surface area contributed by atoms with Crippen LogP contribution in [0.3, 0.4) is 0 Å². The minimum atomic E-state index is 0.0838. The molecule has 7 heteroatoms. The molecule has 1 saturated heterocycles. The number of anilines is 1. The van der Waals surface area contributed by atoms with Gasteiger partial charge in [-0.3, -0.25) is 4.79 Å². The van der Waals surface area contributed by atoms with Crippen LogP contribution >= 0.6 is 0 Å². The van der Waals surface area contributed by atoms with Crippen molar-refractivity contribution in [1.29, 1.82) is 0 Å². The summed E-state index contributed by atoms with van der Waals surface area (Å²) in [7, 11) is 7.46. The lowest BCUT2D eigenvalue weighted by molar-refractivity contribution is -0.131. The first-order valence-electron chi connectivity index (χ1n) is 8.14. The maximum Gasteiger partial charge on any atom is 0.236 e. The minimum absolute atomic E-state index is 0.0838. The predicted molar refractivity (Wildman–Crippen MR) is 91.5 cm³/mol. The van der Waals surface area contributed by atoms with Crippen molar-refractivity contribution >= 4 is 11.7 Å². The number of aromatic nitrogens is 2. The van der Waals surface area contributed by atoms with Gasteiger partial charge in [0.1, 0.15) is 11.6 Å². The Hall–Kier alpha value is -1.73. The van der Waals surface area contributed by atoms with E-state index in [1.807, 2.05) is 39.2 Å². The number of rotatable bonds is 6. The molecule has 0 bridgehead atoms. The van der Waals surface area contributed by atoms with Gasteiger partial charge in [-0.25, -0.2) is 9.97 Å². The molecule has 1 amide bonds. The van der Waals surface area contributed by atoms with E-state index in [0.717, 1.165) is 43.3 Å². The highest BCUT2D eigenvalue weighted by atomic mass is 16.2. The number of hydrogen-bond acceptors (Lipinski definition) is 6. The molecule has 2 rings (SSSR count). The van der Waals surface area contributed by atoms with Gasteiger partial charge in [-0.05, 0) is 33.5 Å². The number of nitrogens with one attached hydrogen (secondary N) is 2. The summed E-state index contributed by atoms with van der Waals surface area (Å²) in [5, 5.41) is 6.50. The van der Waals surface area contributed by atoms with E-state index in [4.69, 9.17) is 4.98 Å². The Labute approximate surface area is 138 Å². The molecule has 0 aromatic carbocycles. The second-order valence-electron chi connectivity index (χ2n) is 6.38. The highest BCUT2D eigenvalue weighted by Gasteiger charge is 2.20. The van der Waals surface area contributed by atoms with E-state index in [1.165, 1.54) is 0 Å². The molecule has 1 aromatic heterocycles. The first kappa shape index (κ1) is 17.6. The van der Waals surface area contributed by atoms with Gasteiger partial charge in [0.25, 0.3) is 0 Å². The van der Waals surface area contributed by atoms with Gasteiger partial charge < -0.3 is 20.4 Å². The topological polar surface area (TPSA) is 73.4 Å². The number of carbonyl (C=O) groups excluding carboxylic acids is 1. The number of piperidine rings is 1. The summed E-state index contributed by atoms with van der Waals surface area (Å²) < 4.78 is 0. The van der Waals surface area contributed by atoms with Crippen LogP contribution in [0.4, 0.5) is 5.82 Å². The van der Waals surface area contributed by atoms with Crippen LogP contribution in [0.1, 0.15) is 30.3 Å². The molecule has 0 spiro atoms. The van der Waals surface area contributed by atoms with Crippen LogP contribution in [0.5, 0.6) is 0 Å². The van der Waals surface area contributed by atoms with E-state index in [9.17, 15) is 4.79 Å². The number of carbonyl (C=O) groups is 1. The summed E-state index contributed by atoms with van der Waals surface area (Å²) in [4.78, 5) is 25.0. The van der Waals surface area contributed by atoms with Gasteiger partial charge >= 0.3 is 0 Å². The summed E-state index contributed by atoms with van der Waals surface area (Å²) in [6.07, 6.45) is 2.25. The smallest absolute Gasteiger partial charge is 0.236 e. The molecule has 1 unspecified atom stereocenters. The fraction of sp³-hybridized carbons (Fsp3) is 0.688. The van der Waals surface area contributed by atoms with E-state index >= 15 is 0 Å². The van der Waals surface area contributed by atoms with Gasteiger partial charge in [-0.2, -0.15) is 0 Å². The maximum absolute atomic E-state index is 12.1. The van der Waals surface area contributed by atoms with Crippen molar-refractivity contribution in [1.82, 2.24) is 25.1 Å². The van der Waals surface area contributed by atoms with Gasteiger partial charge in [-0.1, -0.05) is 0 Å². The quantitative estimate of drug-likeness (QED) is 0.795. The van der Waals surface area contributed by atoms with Crippen LogP contribution in [0.25, 0.3) is 0 Å². The molecular formula is C16H28N6O. The molecular weight excluding hydrogens is 292 g/mol. The molecule has 23 heavy (non-hydrogen) atoms. The number of likely N-dealkylation sites (N-methyl/N-ethyl adjacent to an activating group) is 2. The Morgan fingerprint density at radius 3 is 2.78 bits per heavy atom. The zero-order chi connectivity index (χ0) is 16.8. The molecule has 0 radical (unpaired) electrons. The number of amides is 1. The molecule has 1 aromatic rings. The lowest BCUT2D eigenvalue weighted by Crippen LogP contribution is -2.35. The molecule has 128 valence electrons. The average Bonchev–Trinajstić information content (AvgIpc) is 2.54. The van der Waals surface area contributed by atoms with E-state index in [1.54, 1.807) is 4.90 Å². The van der Waals surface area contributed by atoms with Crippen molar-refractivity contribution in [3.8, 4) is 0 Å². The first-order valence-corrected chi connectivity index (χ1v) is 8.14. The van der Waals surface area contributed by atoms with Gasteiger partial charge in [0.2, 0.25) is 5.91 Å². The molecule has 1 fully saturated rings. The monoisotopic (exact) mass is 320 g/mol. The average molecular weight is 320 g/mol. The Balaban J connectivity index is 2.12. The van der Waals surface area contributed by atoms with Crippen LogP contribution in [0.2, 0.25) is 0 Å². The summed E-state index contributed by atoms with van der Waals surface area (Å²) >= 11 is 0. The zero-order valence-corrected chi connectivity index (χ0v) is 14.6. The van der Waals surface area contributed by atoms with Crippen molar-refractivity contribution in [2.75, 3.05) is 53.1 Å². The Bertz CT molecular complexity index is 527. The highest BCUT2D eigenvalue weighted by molar-refractivity contribution is 5.77. The van der Waals surface area contributed by atoms with E-state index in [-0.39, 0.29) is 5.91 Å². The molecule has 2 heterocycles. The fourth-order valence-electron chi connectivity index (χ4n) is 2.70. The van der Waals surface area contributed by atoms with Crippen molar-refractivity contribution in [2.45, 2.75) is 25.3 Å². The normalized spacial score (nSPS) is 18.0. The molecule has 1 aliphatic heterocycles. The standard InChI is InChI=1S/C16H28N6O/c1-17-14-8-13(10-22(4)15(23)11-21(2)3)19-16(20-14)12-6-5-7-18-9-12/h8,12,18H,5-7,9-11H2,1-4H3,(H,17,19,20). The van der Waals surface area contributed by atoms with Gasteiger partial charge in [0.05, 0.1) is 18.8 Å². The second kappa shape index (κ2) is 8.21. The maximum atomic E-state index is 12.1.